The third-order valence-electron chi connectivity index (χ3n) is 12.1. The van der Waals surface area contributed by atoms with E-state index in [4.69, 9.17) is 35.4 Å². The van der Waals surface area contributed by atoms with Gasteiger partial charge in [-0.25, -0.2) is 0 Å². The zero-order valence-corrected chi connectivity index (χ0v) is 101. The van der Waals surface area contributed by atoms with Crippen LogP contribution in [0.3, 0.4) is 0 Å². The fourth-order valence-electron chi connectivity index (χ4n) is 7.77. The normalized spacial score (nSPS) is 9.74. The molecule has 0 saturated carbocycles. The van der Waals surface area contributed by atoms with Crippen molar-refractivity contribution in [3.8, 4) is 39.1 Å². The van der Waals surface area contributed by atoms with E-state index in [1.807, 2.05) is 101 Å². The fraction of sp³-hybridized carbons (Fsp3) is 0.538. The van der Waals surface area contributed by atoms with Crippen LogP contribution in [0, 0.1) is 0 Å². The first kappa shape index (κ1) is 108. The predicted molar refractivity (Wildman–Crippen MR) is 380 cm³/mol. The molecule has 91 heavy (non-hydrogen) atoms. The molecule has 6 aromatic rings. The van der Waals surface area contributed by atoms with E-state index in [0.29, 0.717) is 46.2 Å². The van der Waals surface area contributed by atoms with Crippen molar-refractivity contribution in [3.05, 3.63) is 173 Å². The summed E-state index contributed by atoms with van der Waals surface area (Å²) in [5.41, 5.74) is 15.5. The molecule has 0 radical (unpaired) electrons. The Kier molecular flexibility index (Phi) is 95.9. The molecule has 498 valence electrons. The molecule has 0 saturated heterocycles. The summed E-state index contributed by atoms with van der Waals surface area (Å²) >= 11 is 0. The molecule has 7 nitrogen and oxygen atoms in total. The summed E-state index contributed by atoms with van der Waals surface area (Å²) in [6.07, 6.45) is 14.6. The van der Waals surface area contributed by atoms with E-state index >= 15 is 0 Å². The summed E-state index contributed by atoms with van der Waals surface area (Å²) in [5.74, 6) is 0.992. The molecule has 0 unspecified atom stereocenters. The van der Waals surface area contributed by atoms with E-state index in [0.717, 1.165) is 82.8 Å². The van der Waals surface area contributed by atoms with E-state index in [2.05, 4.69) is 183 Å². The van der Waals surface area contributed by atoms with Gasteiger partial charge in [-0.1, -0.05) is 317 Å². The summed E-state index contributed by atoms with van der Waals surface area (Å²) < 4.78 is 5.65. The first-order chi connectivity index (χ1) is 41.6. The zero-order valence-electron chi connectivity index (χ0n) is 62.5. The second-order valence-electron chi connectivity index (χ2n) is 18.4. The maximum absolute atomic E-state index is 8.07. The van der Waals surface area contributed by atoms with Crippen molar-refractivity contribution in [2.75, 3.05) is 39.6 Å². The zero-order chi connectivity index (χ0) is 66.0. The van der Waals surface area contributed by atoms with Gasteiger partial charge in [0.25, 0.3) is 0 Å². The monoisotopic (exact) mass is 2810 g/mol. The molecular formula is C78H132O7Sg6. The molecule has 1 heterocycles. The summed E-state index contributed by atoms with van der Waals surface area (Å²) in [7, 11) is 0. The topological polar surface area (TPSA) is 131 Å². The van der Waals surface area contributed by atoms with Gasteiger partial charge in [-0.05, 0) is 113 Å². The van der Waals surface area contributed by atoms with Crippen molar-refractivity contribution in [2.45, 2.75) is 240 Å². The van der Waals surface area contributed by atoms with Gasteiger partial charge in [-0.2, -0.15) is 0 Å². The third-order valence-corrected chi connectivity index (χ3v) is 12.1. The Hall–Kier alpha value is -11.1. The van der Waals surface area contributed by atoms with Crippen LogP contribution in [0.4, 0.5) is 0 Å². The Morgan fingerprint density at radius 1 is 0.286 bits per heavy atom. The summed E-state index contributed by atoms with van der Waals surface area (Å²) in [5, 5.41) is 48.4. The second kappa shape index (κ2) is 80.9. The number of rotatable bonds is 12. The molecule has 0 fully saturated rings. The number of hydrogen-bond acceptors (Lipinski definition) is 7. The maximum atomic E-state index is 8.07. The van der Waals surface area contributed by atoms with Crippen LogP contribution in [0.5, 0.6) is 5.75 Å². The van der Waals surface area contributed by atoms with Crippen molar-refractivity contribution < 1.29 is 35.4 Å². The van der Waals surface area contributed by atoms with Crippen LogP contribution in [-0.4, -0.2) is 70.3 Å². The van der Waals surface area contributed by atoms with Gasteiger partial charge in [0.05, 0.1) is 0 Å². The van der Waals surface area contributed by atoms with Crippen LogP contribution in [0.1, 0.15) is 243 Å². The molecule has 0 aromatic heterocycles. The van der Waals surface area contributed by atoms with Gasteiger partial charge in [-0.15, -0.1) is 0 Å². The molecule has 3 aliphatic rings. The number of ether oxygens (including phenoxy) is 1. The van der Waals surface area contributed by atoms with Crippen LogP contribution in [0.2, 0.25) is 0 Å². The summed E-state index contributed by atoms with van der Waals surface area (Å²) in [6, 6.07) is 51.5. The third kappa shape index (κ3) is 45.8. The van der Waals surface area contributed by atoms with Gasteiger partial charge in [0.15, 0.2) is 0 Å². The number of unbranched alkanes of at least 4 members (excludes halogenated alkanes) is 6. The van der Waals surface area contributed by atoms with E-state index in [9.17, 15) is 0 Å². The average molecular weight is 2800 g/mol. The van der Waals surface area contributed by atoms with Gasteiger partial charge in [0.1, 0.15) is 12.4 Å². The Balaban J connectivity index is -0.0000000779. The van der Waals surface area contributed by atoms with E-state index < -0.39 is 0 Å². The Morgan fingerprint density at radius 2 is 0.495 bits per heavy atom. The number of aliphatic hydroxyl groups is 6. The smallest absolute Gasteiger partial charge is 0.127 e. The van der Waals surface area contributed by atoms with Crippen LogP contribution in [0.15, 0.2) is 146 Å². The summed E-state index contributed by atoms with van der Waals surface area (Å²) in [6.45, 7) is 43.7. The molecule has 0 bridgehead atoms. The fourth-order valence-corrected chi connectivity index (χ4v) is 7.77. The molecule has 6 aromatic carbocycles. The quantitative estimate of drug-likeness (QED) is 0.0720. The average Bonchev–Trinajstić information content (AvgIpc) is 1.64. The molecule has 0 amide bonds. The van der Waals surface area contributed by atoms with Gasteiger partial charge in [-0.3, -0.25) is 0 Å². The van der Waals surface area contributed by atoms with Gasteiger partial charge >= 0.3 is 0 Å². The van der Waals surface area contributed by atoms with Crippen LogP contribution in [-0.2, 0) is 24.9 Å². The van der Waals surface area contributed by atoms with Crippen LogP contribution >= 0.6 is 0 Å². The van der Waals surface area contributed by atoms with Crippen molar-refractivity contribution in [1.82, 2.24) is 0 Å². The molecule has 13 heteroatoms. The Labute approximate surface area is 525 Å². The van der Waals surface area contributed by atoms with E-state index in [-0.39, 0.29) is 5.41 Å². The molecule has 0 spiro atoms. The number of benzene rings is 6. The minimum Gasteiger partial charge on any atom is -0.488 e. The number of fused-ring (bicyclic) bond motifs is 9. The molecular weight excluding hydrogens is 2660 g/mol. The molecule has 6 N–H and O–H groups in total. The van der Waals surface area contributed by atoms with Gasteiger partial charge in [0, 0.05) is 50.6 Å². The van der Waals surface area contributed by atoms with Crippen molar-refractivity contribution in [3.63, 3.8) is 0 Å². The second-order valence-corrected chi connectivity index (χ2v) is 18.4. The van der Waals surface area contributed by atoms with Gasteiger partial charge in [0.2, 0.25) is 0 Å². The SMILES string of the molecule is CC.CC.CC.CC.CC.CC.CC1(C)c2ccccc2-c2ccccc21.CCCCO.CCCCO.CCCCO.CCCCO.CCCCO.CCCCO.[Sg].[Sg].[Sg].[Sg].[Sg].[Sg].c1ccc2c(c1)CCc1ccccc1-2.c1ccc2c(c1)COc1ccccc1-2. The molecule has 0 atom stereocenters. The van der Waals surface area contributed by atoms with E-state index in [1.54, 1.807) is 0 Å². The largest absolute Gasteiger partial charge is 0.488 e. The number of aliphatic hydroxyl groups excluding tert-OH is 6. The Bertz CT molecular complexity index is 1990. The first-order valence-corrected chi connectivity index (χ1v) is 33.4. The minimum atomic E-state index is 0. The molecule has 2 aliphatic carbocycles. The van der Waals surface area contributed by atoms with Crippen molar-refractivity contribution >= 4 is 0 Å². The van der Waals surface area contributed by atoms with Crippen molar-refractivity contribution in [1.29, 1.82) is 0 Å². The maximum Gasteiger partial charge on any atom is 0.127 e. The minimum absolute atomic E-state index is 0. The Morgan fingerprint density at radius 3 is 0.747 bits per heavy atom. The number of para-hydroxylation sites is 1. The van der Waals surface area contributed by atoms with Gasteiger partial charge < -0.3 is 35.4 Å². The predicted octanol–water partition coefficient (Wildman–Crippen LogP) is 21.5. The first-order valence-electron chi connectivity index (χ1n) is 33.4. The van der Waals surface area contributed by atoms with Crippen molar-refractivity contribution in [2.24, 2.45) is 0 Å². The molecule has 9 rings (SSSR count). The number of hydrogen-bond donors (Lipinski definition) is 6. The van der Waals surface area contributed by atoms with Crippen LogP contribution in [0.25, 0.3) is 33.4 Å². The number of aryl methyl sites for hydroxylation is 2. The van der Waals surface area contributed by atoms with E-state index in [1.165, 1.54) is 74.0 Å². The summed E-state index contributed by atoms with van der Waals surface area (Å²) in [4.78, 5) is 0. The standard InChI is InChI=1S/C15H14.C14H12.C13H10O.6C4H10O.6C2H6.6Sg/c1-15(2)13-9-5-3-7-11(13)12-8-4-6-10-14(12)15;1-3-7-13-11(5-1)9-10-12-6-2-4-8-14(12)13;1-2-6-11-10(5-1)9-14-13-8-4-3-7-12(11)13;6*1-2-3-4-5;6*1-2;;;;;;/h3-10H,1-2H3;1-8H,9-10H2;1-8H,9H2;6*5H,2-4H2,1H3;6*1-2H3;;;;;;. The molecule has 1 aliphatic heterocycles. The van der Waals surface area contributed by atoms with Crippen LogP contribution < -0.4 is 4.74 Å².